The summed E-state index contributed by atoms with van der Waals surface area (Å²) in [6.45, 7) is 3.89. The Labute approximate surface area is 81.0 Å². The number of hydrogen-bond donors (Lipinski definition) is 0. The van der Waals surface area contributed by atoms with Crippen LogP contribution in [0.5, 0.6) is 0 Å². The number of halogens is 3. The number of rotatable bonds is 2. The van der Waals surface area contributed by atoms with E-state index in [2.05, 4.69) is 0 Å². The Hall–Kier alpha value is 0.540. The van der Waals surface area contributed by atoms with Crippen LogP contribution in [0.25, 0.3) is 0 Å². The molecular weight excluding hydrogens is 206 g/mol. The zero-order valence-electron chi connectivity index (χ0n) is 6.27. The van der Waals surface area contributed by atoms with E-state index in [-0.39, 0.29) is 22.5 Å². The molecule has 0 radical (unpaired) electrons. The predicted molar refractivity (Wildman–Crippen MR) is 47.1 cm³/mol. The molecule has 1 nitrogen and oxygen atoms in total. The molecule has 0 spiro atoms. The molecule has 2 atom stereocenters. The van der Waals surface area contributed by atoms with Crippen molar-refractivity contribution in [2.75, 3.05) is 0 Å². The monoisotopic (exact) mass is 214 g/mol. The van der Waals surface area contributed by atoms with Gasteiger partial charge in [0.15, 0.2) is 0 Å². The normalized spacial score (nSPS) is 34.0. The molecule has 0 aliphatic heterocycles. The third-order valence-electron chi connectivity index (χ3n) is 2.43. The lowest BCUT2D eigenvalue weighted by molar-refractivity contribution is -0.113. The van der Waals surface area contributed by atoms with Crippen LogP contribution in [0.1, 0.15) is 13.8 Å². The number of alkyl halides is 2. The largest absolute Gasteiger partial charge is 0.281 e. The molecule has 1 rings (SSSR count). The summed E-state index contributed by atoms with van der Waals surface area (Å²) < 4.78 is 0. The van der Waals surface area contributed by atoms with E-state index in [1.165, 1.54) is 0 Å². The Bertz CT molecular complexity index is 188. The van der Waals surface area contributed by atoms with Gasteiger partial charge in [-0.2, -0.15) is 0 Å². The molecule has 0 saturated heterocycles. The van der Waals surface area contributed by atoms with Crippen molar-refractivity contribution in [2.45, 2.75) is 18.7 Å². The van der Waals surface area contributed by atoms with Crippen LogP contribution in [0.3, 0.4) is 0 Å². The van der Waals surface area contributed by atoms with Gasteiger partial charge in [-0.3, -0.25) is 4.79 Å². The summed E-state index contributed by atoms with van der Waals surface area (Å²) in [5.74, 6) is -0.139. The highest BCUT2D eigenvalue weighted by Gasteiger charge is 2.63. The van der Waals surface area contributed by atoms with Crippen molar-refractivity contribution in [2.24, 2.45) is 17.3 Å². The lowest BCUT2D eigenvalue weighted by Gasteiger charge is -2.00. The summed E-state index contributed by atoms with van der Waals surface area (Å²) in [5, 5.41) is -0.327. The van der Waals surface area contributed by atoms with Crippen molar-refractivity contribution in [1.29, 1.82) is 0 Å². The van der Waals surface area contributed by atoms with Gasteiger partial charge in [0.1, 0.15) is 4.84 Å². The Kier molecular flexibility index (Phi) is 2.44. The number of hydrogen-bond acceptors (Lipinski definition) is 1. The lowest BCUT2D eigenvalue weighted by atomic mass is 10.1. The maximum absolute atomic E-state index is 10.8. The topological polar surface area (TPSA) is 17.1 Å². The van der Waals surface area contributed by atoms with Crippen LogP contribution in [0.2, 0.25) is 0 Å². The summed E-state index contributed by atoms with van der Waals surface area (Å²) in [6.07, 6.45) is 0. The van der Waals surface area contributed by atoms with Gasteiger partial charge in [0, 0.05) is 11.8 Å². The van der Waals surface area contributed by atoms with Crippen molar-refractivity contribution in [3.63, 3.8) is 0 Å². The van der Waals surface area contributed by atoms with E-state index >= 15 is 0 Å². The Morgan fingerprint density at radius 3 is 2.00 bits per heavy atom. The second-order valence-electron chi connectivity index (χ2n) is 3.46. The van der Waals surface area contributed by atoms with E-state index < -0.39 is 4.84 Å². The lowest BCUT2D eigenvalue weighted by Crippen LogP contribution is -1.97. The summed E-state index contributed by atoms with van der Waals surface area (Å²) >= 11 is 16.6. The van der Waals surface area contributed by atoms with E-state index in [4.69, 9.17) is 34.8 Å². The van der Waals surface area contributed by atoms with Crippen molar-refractivity contribution < 1.29 is 4.79 Å². The fourth-order valence-corrected chi connectivity index (χ4v) is 2.94. The number of carbonyl (C=O) groups excluding carboxylic acids is 1. The van der Waals surface area contributed by atoms with Gasteiger partial charge in [-0.25, -0.2) is 0 Å². The van der Waals surface area contributed by atoms with Crippen LogP contribution in [0, 0.1) is 17.3 Å². The smallest absolute Gasteiger partial charge is 0.225 e. The Morgan fingerprint density at radius 2 is 1.91 bits per heavy atom. The van der Waals surface area contributed by atoms with Crippen LogP contribution in [0.15, 0.2) is 0 Å². The summed E-state index contributed by atoms with van der Waals surface area (Å²) in [5.41, 5.74) is -0.118. The Balaban J connectivity index is 2.68. The van der Waals surface area contributed by atoms with E-state index in [1.54, 1.807) is 0 Å². The van der Waals surface area contributed by atoms with E-state index in [1.807, 2.05) is 13.8 Å². The minimum absolute atomic E-state index is 0.0239. The first-order valence-corrected chi connectivity index (χ1v) is 4.61. The molecule has 2 unspecified atom stereocenters. The average molecular weight is 216 g/mol. The molecule has 4 heteroatoms. The molecule has 0 aromatic heterocycles. The van der Waals surface area contributed by atoms with Crippen LogP contribution in [0.4, 0.5) is 0 Å². The van der Waals surface area contributed by atoms with E-state index in [9.17, 15) is 4.79 Å². The van der Waals surface area contributed by atoms with Gasteiger partial charge >= 0.3 is 0 Å². The van der Waals surface area contributed by atoms with Gasteiger partial charge in [-0.05, 0) is 17.0 Å². The summed E-state index contributed by atoms with van der Waals surface area (Å²) in [6, 6.07) is 0. The van der Waals surface area contributed by atoms with Gasteiger partial charge in [-0.1, -0.05) is 13.8 Å². The molecule has 64 valence electrons. The first-order chi connectivity index (χ1) is 4.89. The molecule has 0 N–H and O–H groups in total. The first kappa shape index (κ1) is 9.63. The molecule has 0 heterocycles. The zero-order chi connectivity index (χ0) is 8.81. The molecule has 1 fully saturated rings. The van der Waals surface area contributed by atoms with Crippen LogP contribution in [-0.2, 0) is 4.79 Å². The number of carbonyl (C=O) groups is 1. The molecule has 11 heavy (non-hydrogen) atoms. The third-order valence-corrected chi connectivity index (χ3v) is 3.20. The maximum atomic E-state index is 10.8. The highest BCUT2D eigenvalue weighted by atomic mass is 35.5. The summed E-state index contributed by atoms with van der Waals surface area (Å²) in [7, 11) is 0. The third kappa shape index (κ3) is 1.51. The molecule has 0 amide bonds. The van der Waals surface area contributed by atoms with Crippen molar-refractivity contribution in [3.8, 4) is 0 Å². The maximum Gasteiger partial charge on any atom is 0.225 e. The standard InChI is InChI=1S/C7H9Cl3O/c1-7(2)3(5(8)9)4(7)6(10)11/h3-5H,1-2H3. The SMILES string of the molecule is CC1(C)C(C(=O)Cl)C1C(Cl)Cl. The van der Waals surface area contributed by atoms with Gasteiger partial charge in [0.25, 0.3) is 0 Å². The summed E-state index contributed by atoms with van der Waals surface area (Å²) in [4.78, 5) is 10.3. The molecular formula is C7H9Cl3O. The van der Waals surface area contributed by atoms with Gasteiger partial charge < -0.3 is 0 Å². The first-order valence-electron chi connectivity index (χ1n) is 3.36. The van der Waals surface area contributed by atoms with E-state index in [0.717, 1.165) is 0 Å². The van der Waals surface area contributed by atoms with E-state index in [0.29, 0.717) is 0 Å². The van der Waals surface area contributed by atoms with Crippen molar-refractivity contribution in [3.05, 3.63) is 0 Å². The van der Waals surface area contributed by atoms with Crippen LogP contribution in [-0.4, -0.2) is 10.1 Å². The average Bonchev–Trinajstić information content (AvgIpc) is 2.33. The quantitative estimate of drug-likeness (QED) is 0.511. The van der Waals surface area contributed by atoms with Gasteiger partial charge in [0.05, 0.1) is 0 Å². The molecule has 1 saturated carbocycles. The Morgan fingerprint density at radius 1 is 1.45 bits per heavy atom. The highest BCUT2D eigenvalue weighted by Crippen LogP contribution is 2.62. The second kappa shape index (κ2) is 2.79. The molecule has 0 aromatic rings. The van der Waals surface area contributed by atoms with Gasteiger partial charge in [0.2, 0.25) is 5.24 Å². The fraction of sp³-hybridized carbons (Fsp3) is 0.857. The molecule has 1 aliphatic rings. The van der Waals surface area contributed by atoms with Gasteiger partial charge in [-0.15, -0.1) is 23.2 Å². The fourth-order valence-electron chi connectivity index (χ4n) is 1.58. The van der Waals surface area contributed by atoms with Crippen LogP contribution < -0.4 is 0 Å². The second-order valence-corrected chi connectivity index (χ2v) is 5.00. The molecule has 1 aliphatic carbocycles. The predicted octanol–water partition coefficient (Wildman–Crippen LogP) is 2.83. The molecule has 0 bridgehead atoms. The molecule has 0 aromatic carbocycles. The minimum Gasteiger partial charge on any atom is -0.281 e. The van der Waals surface area contributed by atoms with Crippen molar-refractivity contribution >= 4 is 40.0 Å². The minimum atomic E-state index is -0.488. The van der Waals surface area contributed by atoms with Crippen molar-refractivity contribution in [1.82, 2.24) is 0 Å². The zero-order valence-corrected chi connectivity index (χ0v) is 8.54. The van der Waals surface area contributed by atoms with Crippen LogP contribution >= 0.6 is 34.8 Å². The highest BCUT2D eigenvalue weighted by molar-refractivity contribution is 6.64.